The Morgan fingerprint density at radius 1 is 1.00 bits per heavy atom. The number of esters is 1. The van der Waals surface area contributed by atoms with Gasteiger partial charge >= 0.3 is 5.97 Å². The molecule has 2 aromatic carbocycles. The molecule has 0 N–H and O–H groups in total. The van der Waals surface area contributed by atoms with Crippen molar-refractivity contribution in [2.45, 2.75) is 4.21 Å². The summed E-state index contributed by atoms with van der Waals surface area (Å²) in [5.41, 5.74) is 0.826. The highest BCUT2D eigenvalue weighted by atomic mass is 35.5. The molecule has 0 unspecified atom stereocenters. The van der Waals surface area contributed by atoms with Crippen LogP contribution >= 0.6 is 22.9 Å². The maximum Gasteiger partial charge on any atom is 0.344 e. The van der Waals surface area contributed by atoms with E-state index < -0.39 is 29.2 Å². The van der Waals surface area contributed by atoms with Gasteiger partial charge in [-0.1, -0.05) is 17.7 Å². The predicted molar refractivity (Wildman–Crippen MR) is 119 cm³/mol. The molecule has 0 amide bonds. The fourth-order valence-electron chi connectivity index (χ4n) is 2.49. The summed E-state index contributed by atoms with van der Waals surface area (Å²) >= 11 is 6.91. The van der Waals surface area contributed by atoms with E-state index >= 15 is 0 Å². The van der Waals surface area contributed by atoms with Gasteiger partial charge in [0.2, 0.25) is 0 Å². The van der Waals surface area contributed by atoms with Crippen LogP contribution < -0.4 is 9.04 Å². The van der Waals surface area contributed by atoms with Crippen LogP contribution in [0.25, 0.3) is 0 Å². The predicted octanol–water partition coefficient (Wildman–Crippen LogP) is 4.03. The fourth-order valence-corrected chi connectivity index (χ4v) is 4.97. The SMILES string of the molecule is CN(c1ccc(OCC(=O)OCC(=O)c2ccc(Cl)cc2)cc1)S(=O)(=O)c1cccs1. The quantitative estimate of drug-likeness (QED) is 0.340. The third-order valence-corrected chi connectivity index (χ3v) is 7.61. The molecule has 1 aromatic heterocycles. The maximum absolute atomic E-state index is 12.5. The van der Waals surface area contributed by atoms with Crippen molar-refractivity contribution >= 4 is 50.4 Å². The number of rotatable bonds is 9. The second kappa shape index (κ2) is 9.95. The fraction of sp³-hybridized carbons (Fsp3) is 0.143. The van der Waals surface area contributed by atoms with Crippen LogP contribution in [0.3, 0.4) is 0 Å². The number of halogens is 1. The van der Waals surface area contributed by atoms with Crippen molar-refractivity contribution in [3.05, 3.63) is 76.6 Å². The zero-order valence-corrected chi connectivity index (χ0v) is 18.7. The molecule has 10 heteroatoms. The number of nitrogens with zero attached hydrogens (tertiary/aromatic N) is 1. The lowest BCUT2D eigenvalue weighted by Gasteiger charge is -2.18. The second-order valence-corrected chi connectivity index (χ2v) is 9.86. The lowest BCUT2D eigenvalue weighted by atomic mass is 10.1. The Balaban J connectivity index is 1.50. The average molecular weight is 480 g/mol. The Bertz CT molecular complexity index is 1140. The molecule has 0 aliphatic heterocycles. The van der Waals surface area contributed by atoms with Crippen molar-refractivity contribution in [2.24, 2.45) is 0 Å². The Hall–Kier alpha value is -2.88. The van der Waals surface area contributed by atoms with Gasteiger partial charge in [0.25, 0.3) is 10.0 Å². The van der Waals surface area contributed by atoms with E-state index in [0.29, 0.717) is 22.0 Å². The van der Waals surface area contributed by atoms with Crippen molar-refractivity contribution in [3.63, 3.8) is 0 Å². The van der Waals surface area contributed by atoms with Crippen LogP contribution in [0.15, 0.2) is 70.3 Å². The van der Waals surface area contributed by atoms with Gasteiger partial charge < -0.3 is 9.47 Å². The highest BCUT2D eigenvalue weighted by molar-refractivity contribution is 7.94. The molecule has 0 bridgehead atoms. The molecule has 0 aliphatic carbocycles. The molecule has 3 aromatic rings. The van der Waals surface area contributed by atoms with Crippen LogP contribution in [-0.2, 0) is 19.6 Å². The van der Waals surface area contributed by atoms with Gasteiger partial charge in [0.1, 0.15) is 9.96 Å². The number of ketones is 1. The summed E-state index contributed by atoms with van der Waals surface area (Å²) in [6.07, 6.45) is 0. The Labute approximate surface area is 188 Å². The molecule has 3 rings (SSSR count). The number of benzene rings is 2. The minimum absolute atomic E-state index is 0.242. The lowest BCUT2D eigenvalue weighted by Crippen LogP contribution is -2.25. The molecule has 31 heavy (non-hydrogen) atoms. The van der Waals surface area contributed by atoms with E-state index in [1.807, 2.05) is 0 Å². The number of carbonyl (C=O) groups is 2. The molecule has 0 aliphatic rings. The number of ether oxygens (including phenoxy) is 2. The Morgan fingerprint density at radius 2 is 1.68 bits per heavy atom. The zero-order chi connectivity index (χ0) is 22.4. The number of Topliss-reactive ketones (excluding diaryl/α,β-unsaturated/α-hetero) is 1. The molecule has 1 heterocycles. The number of hydrogen-bond acceptors (Lipinski definition) is 7. The first-order valence-corrected chi connectivity index (χ1v) is 11.7. The zero-order valence-electron chi connectivity index (χ0n) is 16.4. The molecule has 0 radical (unpaired) electrons. The van der Waals surface area contributed by atoms with E-state index in [-0.39, 0.29) is 9.99 Å². The lowest BCUT2D eigenvalue weighted by molar-refractivity contribution is -0.144. The van der Waals surface area contributed by atoms with Crippen molar-refractivity contribution < 1.29 is 27.5 Å². The highest BCUT2D eigenvalue weighted by Crippen LogP contribution is 2.26. The van der Waals surface area contributed by atoms with Gasteiger partial charge in [-0.05, 0) is 60.0 Å². The first-order chi connectivity index (χ1) is 14.8. The molecule has 0 fully saturated rings. The summed E-state index contributed by atoms with van der Waals surface area (Å²) in [6.45, 7) is -0.801. The third-order valence-electron chi connectivity index (χ3n) is 4.20. The van der Waals surface area contributed by atoms with E-state index in [4.69, 9.17) is 21.1 Å². The van der Waals surface area contributed by atoms with Gasteiger partial charge in [-0.15, -0.1) is 11.3 Å². The average Bonchev–Trinajstić information content (AvgIpc) is 3.32. The van der Waals surface area contributed by atoms with E-state index in [9.17, 15) is 18.0 Å². The summed E-state index contributed by atoms with van der Waals surface area (Å²) in [5.74, 6) is -0.709. The van der Waals surface area contributed by atoms with E-state index in [2.05, 4.69) is 0 Å². The van der Waals surface area contributed by atoms with Crippen LogP contribution in [-0.4, -0.2) is 40.4 Å². The van der Waals surface area contributed by atoms with E-state index in [1.165, 1.54) is 17.4 Å². The topological polar surface area (TPSA) is 90.0 Å². The van der Waals surface area contributed by atoms with Gasteiger partial charge in [0, 0.05) is 17.6 Å². The van der Waals surface area contributed by atoms with Gasteiger partial charge in [-0.3, -0.25) is 9.10 Å². The Morgan fingerprint density at radius 3 is 2.29 bits per heavy atom. The van der Waals surface area contributed by atoms with Crippen LogP contribution in [0.2, 0.25) is 5.02 Å². The van der Waals surface area contributed by atoms with Gasteiger partial charge in [-0.2, -0.15) is 0 Å². The van der Waals surface area contributed by atoms with E-state index in [1.54, 1.807) is 60.0 Å². The van der Waals surface area contributed by atoms with Gasteiger partial charge in [-0.25, -0.2) is 13.2 Å². The molecular formula is C21H18ClNO6S2. The third kappa shape index (κ3) is 5.84. The van der Waals surface area contributed by atoms with Crippen LogP contribution in [0, 0.1) is 0 Å². The van der Waals surface area contributed by atoms with Crippen molar-refractivity contribution in [2.75, 3.05) is 24.6 Å². The molecular weight excluding hydrogens is 462 g/mol. The smallest absolute Gasteiger partial charge is 0.344 e. The maximum atomic E-state index is 12.5. The molecule has 7 nitrogen and oxygen atoms in total. The molecule has 0 saturated heterocycles. The summed E-state index contributed by atoms with van der Waals surface area (Å²) in [4.78, 5) is 23.8. The van der Waals surface area contributed by atoms with Crippen LogP contribution in [0.1, 0.15) is 10.4 Å². The molecule has 162 valence electrons. The first-order valence-electron chi connectivity index (χ1n) is 8.97. The van der Waals surface area contributed by atoms with Crippen molar-refractivity contribution in [1.29, 1.82) is 0 Å². The van der Waals surface area contributed by atoms with Crippen LogP contribution in [0.4, 0.5) is 5.69 Å². The largest absolute Gasteiger partial charge is 0.482 e. The highest BCUT2D eigenvalue weighted by Gasteiger charge is 2.22. The van der Waals surface area contributed by atoms with E-state index in [0.717, 1.165) is 11.3 Å². The van der Waals surface area contributed by atoms with Gasteiger partial charge in [0.15, 0.2) is 19.0 Å². The number of hydrogen-bond donors (Lipinski definition) is 0. The summed E-state index contributed by atoms with van der Waals surface area (Å²) in [6, 6.07) is 15.7. The molecule has 0 spiro atoms. The number of carbonyl (C=O) groups excluding carboxylic acids is 2. The number of sulfonamides is 1. The normalized spacial score (nSPS) is 11.0. The van der Waals surface area contributed by atoms with Crippen LogP contribution in [0.5, 0.6) is 5.75 Å². The second-order valence-electron chi connectivity index (χ2n) is 6.28. The molecule has 0 saturated carbocycles. The minimum Gasteiger partial charge on any atom is -0.482 e. The minimum atomic E-state index is -3.63. The standard InChI is InChI=1S/C21H18ClNO6S2/c1-23(31(26,27)21-3-2-12-30-21)17-8-10-18(11-9-17)28-14-20(25)29-13-19(24)15-4-6-16(22)7-5-15/h2-12H,13-14H2,1H3. The van der Waals surface area contributed by atoms with Crippen molar-refractivity contribution in [3.8, 4) is 5.75 Å². The van der Waals surface area contributed by atoms with Crippen molar-refractivity contribution in [1.82, 2.24) is 0 Å². The summed E-state index contributed by atoms with van der Waals surface area (Å²) < 4.78 is 36.8. The number of thiophene rings is 1. The van der Waals surface area contributed by atoms with Gasteiger partial charge in [0.05, 0.1) is 5.69 Å². The first kappa shape index (κ1) is 22.8. The molecule has 0 atom stereocenters. The Kier molecular flexibility index (Phi) is 7.32. The summed E-state index contributed by atoms with van der Waals surface area (Å²) in [7, 11) is -2.17. The summed E-state index contributed by atoms with van der Waals surface area (Å²) in [5, 5.41) is 2.20. The monoisotopic (exact) mass is 479 g/mol. The number of anilines is 1.